The van der Waals surface area contributed by atoms with E-state index in [0.717, 1.165) is 23.6 Å². The van der Waals surface area contributed by atoms with E-state index in [0.29, 0.717) is 5.88 Å². The fraction of sp³-hybridized carbons (Fsp3) is 0.154. The minimum atomic E-state index is -0.939. The molecule has 84 valence electrons. The summed E-state index contributed by atoms with van der Waals surface area (Å²) in [7, 11) is 0. The molecule has 1 N–H and O–H groups in total. The SMILES string of the molecule is O=C(O)/C=C/c1ccc(C=CCCCl)cc1. The summed E-state index contributed by atoms with van der Waals surface area (Å²) >= 11 is 5.55. The van der Waals surface area contributed by atoms with Crippen LogP contribution in [-0.4, -0.2) is 17.0 Å². The van der Waals surface area contributed by atoms with Gasteiger partial charge in [0.2, 0.25) is 0 Å². The molecule has 0 spiro atoms. The van der Waals surface area contributed by atoms with Crippen LogP contribution in [0.1, 0.15) is 17.5 Å². The lowest BCUT2D eigenvalue weighted by Crippen LogP contribution is -1.85. The van der Waals surface area contributed by atoms with E-state index < -0.39 is 5.97 Å². The highest BCUT2D eigenvalue weighted by atomic mass is 35.5. The standard InChI is InChI=1S/C13H13ClO2/c14-10-2-1-3-11-4-6-12(7-5-11)8-9-13(15)16/h1,3-9H,2,10H2,(H,15,16)/b3-1?,9-8+. The van der Waals surface area contributed by atoms with Crippen LogP contribution in [0.5, 0.6) is 0 Å². The summed E-state index contributed by atoms with van der Waals surface area (Å²) < 4.78 is 0. The molecule has 0 saturated heterocycles. The fourth-order valence-corrected chi connectivity index (χ4v) is 1.29. The van der Waals surface area contributed by atoms with E-state index >= 15 is 0 Å². The second-order valence-electron chi connectivity index (χ2n) is 3.22. The largest absolute Gasteiger partial charge is 0.478 e. The van der Waals surface area contributed by atoms with Crippen LogP contribution in [0, 0.1) is 0 Å². The average molecular weight is 237 g/mol. The topological polar surface area (TPSA) is 37.3 Å². The Bertz CT molecular complexity index is 391. The van der Waals surface area contributed by atoms with E-state index in [1.807, 2.05) is 36.4 Å². The summed E-state index contributed by atoms with van der Waals surface area (Å²) in [5.74, 6) is -0.318. The van der Waals surface area contributed by atoms with Gasteiger partial charge in [-0.3, -0.25) is 0 Å². The molecule has 1 aromatic carbocycles. The number of benzene rings is 1. The number of halogens is 1. The minimum Gasteiger partial charge on any atom is -0.478 e. The van der Waals surface area contributed by atoms with Gasteiger partial charge in [-0.25, -0.2) is 4.79 Å². The summed E-state index contributed by atoms with van der Waals surface area (Å²) in [6.07, 6.45) is 7.54. The second kappa shape index (κ2) is 6.85. The van der Waals surface area contributed by atoms with Gasteiger partial charge in [-0.15, -0.1) is 11.6 Å². The number of hydrogen-bond donors (Lipinski definition) is 1. The third kappa shape index (κ3) is 4.80. The lowest BCUT2D eigenvalue weighted by atomic mass is 10.1. The molecule has 0 aliphatic heterocycles. The molecule has 16 heavy (non-hydrogen) atoms. The van der Waals surface area contributed by atoms with Crippen molar-refractivity contribution in [2.24, 2.45) is 0 Å². The van der Waals surface area contributed by atoms with Gasteiger partial charge in [-0.1, -0.05) is 36.4 Å². The molecule has 0 unspecified atom stereocenters. The van der Waals surface area contributed by atoms with E-state index in [2.05, 4.69) is 0 Å². The van der Waals surface area contributed by atoms with Crippen molar-refractivity contribution in [3.63, 3.8) is 0 Å². The number of aliphatic carboxylic acids is 1. The zero-order valence-corrected chi connectivity index (χ0v) is 9.52. The second-order valence-corrected chi connectivity index (χ2v) is 3.60. The number of hydrogen-bond acceptors (Lipinski definition) is 1. The van der Waals surface area contributed by atoms with Gasteiger partial charge < -0.3 is 5.11 Å². The first-order chi connectivity index (χ1) is 7.72. The van der Waals surface area contributed by atoms with Gasteiger partial charge in [-0.2, -0.15) is 0 Å². The molecule has 0 heterocycles. The zero-order valence-electron chi connectivity index (χ0n) is 8.77. The van der Waals surface area contributed by atoms with Gasteiger partial charge in [-0.05, 0) is 23.6 Å². The molecule has 0 aliphatic rings. The van der Waals surface area contributed by atoms with Crippen LogP contribution in [-0.2, 0) is 4.79 Å². The van der Waals surface area contributed by atoms with Crippen molar-refractivity contribution in [2.75, 3.05) is 5.88 Å². The van der Waals surface area contributed by atoms with Crippen LogP contribution >= 0.6 is 11.6 Å². The summed E-state index contributed by atoms with van der Waals surface area (Å²) in [6.45, 7) is 0. The van der Waals surface area contributed by atoms with Crippen molar-refractivity contribution in [3.8, 4) is 0 Å². The van der Waals surface area contributed by atoms with Crippen molar-refractivity contribution in [1.29, 1.82) is 0 Å². The first-order valence-corrected chi connectivity index (χ1v) is 5.49. The van der Waals surface area contributed by atoms with Gasteiger partial charge >= 0.3 is 5.97 Å². The quantitative estimate of drug-likeness (QED) is 0.628. The lowest BCUT2D eigenvalue weighted by Gasteiger charge is -1.95. The van der Waals surface area contributed by atoms with Crippen LogP contribution in [0.15, 0.2) is 36.4 Å². The third-order valence-electron chi connectivity index (χ3n) is 1.94. The predicted octanol–water partition coefficient (Wildman–Crippen LogP) is 3.43. The highest BCUT2D eigenvalue weighted by Gasteiger charge is 1.90. The monoisotopic (exact) mass is 236 g/mol. The smallest absolute Gasteiger partial charge is 0.328 e. The van der Waals surface area contributed by atoms with Gasteiger partial charge in [0.1, 0.15) is 0 Å². The van der Waals surface area contributed by atoms with Gasteiger partial charge in [0.25, 0.3) is 0 Å². The first kappa shape index (κ1) is 12.5. The molecule has 0 amide bonds. The molecule has 2 nitrogen and oxygen atoms in total. The third-order valence-corrected chi connectivity index (χ3v) is 2.16. The first-order valence-electron chi connectivity index (χ1n) is 4.96. The Morgan fingerprint density at radius 3 is 2.25 bits per heavy atom. The Labute approximate surface area is 99.9 Å². The van der Waals surface area contributed by atoms with Crippen molar-refractivity contribution in [3.05, 3.63) is 47.5 Å². The van der Waals surface area contributed by atoms with Crippen molar-refractivity contribution in [1.82, 2.24) is 0 Å². The molecule has 3 heteroatoms. The predicted molar refractivity (Wildman–Crippen MR) is 67.5 cm³/mol. The summed E-state index contributed by atoms with van der Waals surface area (Å²) in [5.41, 5.74) is 1.95. The van der Waals surface area contributed by atoms with E-state index in [-0.39, 0.29) is 0 Å². The average Bonchev–Trinajstić information content (AvgIpc) is 2.28. The maximum absolute atomic E-state index is 10.3. The Balaban J connectivity index is 2.64. The summed E-state index contributed by atoms with van der Waals surface area (Å²) in [5, 5.41) is 8.46. The van der Waals surface area contributed by atoms with E-state index in [1.165, 1.54) is 0 Å². The molecule has 1 aromatic rings. The molecule has 0 aliphatic carbocycles. The number of carboxylic acid groups (broad SMARTS) is 1. The van der Waals surface area contributed by atoms with E-state index in [4.69, 9.17) is 16.7 Å². The fourth-order valence-electron chi connectivity index (χ4n) is 1.17. The van der Waals surface area contributed by atoms with E-state index in [9.17, 15) is 4.79 Å². The minimum absolute atomic E-state index is 0.621. The Hall–Kier alpha value is -1.54. The van der Waals surface area contributed by atoms with Gasteiger partial charge in [0.05, 0.1) is 0 Å². The Kier molecular flexibility index (Phi) is 5.37. The molecule has 0 aromatic heterocycles. The van der Waals surface area contributed by atoms with Crippen molar-refractivity contribution in [2.45, 2.75) is 6.42 Å². The molecule has 0 bridgehead atoms. The van der Waals surface area contributed by atoms with Gasteiger partial charge in [0.15, 0.2) is 0 Å². The number of alkyl halides is 1. The van der Waals surface area contributed by atoms with Crippen LogP contribution in [0.25, 0.3) is 12.2 Å². The van der Waals surface area contributed by atoms with Crippen molar-refractivity contribution >= 4 is 29.7 Å². The van der Waals surface area contributed by atoms with Crippen LogP contribution in [0.2, 0.25) is 0 Å². The van der Waals surface area contributed by atoms with Crippen molar-refractivity contribution < 1.29 is 9.90 Å². The zero-order chi connectivity index (χ0) is 11.8. The van der Waals surface area contributed by atoms with Crippen LogP contribution in [0.4, 0.5) is 0 Å². The molecular weight excluding hydrogens is 224 g/mol. The molecule has 0 radical (unpaired) electrons. The molecule has 0 saturated carbocycles. The van der Waals surface area contributed by atoms with E-state index in [1.54, 1.807) is 6.08 Å². The van der Waals surface area contributed by atoms with Crippen LogP contribution < -0.4 is 0 Å². The van der Waals surface area contributed by atoms with Gasteiger partial charge in [0, 0.05) is 12.0 Å². The Morgan fingerprint density at radius 2 is 1.75 bits per heavy atom. The molecular formula is C13H13ClO2. The number of carbonyl (C=O) groups is 1. The number of carboxylic acids is 1. The summed E-state index contributed by atoms with van der Waals surface area (Å²) in [4.78, 5) is 10.3. The highest BCUT2D eigenvalue weighted by molar-refractivity contribution is 6.17. The number of rotatable bonds is 5. The molecule has 0 fully saturated rings. The summed E-state index contributed by atoms with van der Waals surface area (Å²) in [6, 6.07) is 7.62. The maximum atomic E-state index is 10.3. The molecule has 1 rings (SSSR count). The van der Waals surface area contributed by atoms with Crippen LogP contribution in [0.3, 0.4) is 0 Å². The maximum Gasteiger partial charge on any atom is 0.328 e. The lowest BCUT2D eigenvalue weighted by molar-refractivity contribution is -0.131. The highest BCUT2D eigenvalue weighted by Crippen LogP contribution is 2.08. The number of allylic oxidation sites excluding steroid dienone is 1. The Morgan fingerprint density at radius 1 is 1.19 bits per heavy atom. The molecule has 0 atom stereocenters. The normalized spacial score (nSPS) is 11.3.